The minimum Gasteiger partial charge on any atom is -0.385 e. The van der Waals surface area contributed by atoms with Gasteiger partial charge >= 0.3 is 0 Å². The van der Waals surface area contributed by atoms with Crippen LogP contribution in [0.15, 0.2) is 24.4 Å². The number of fused-ring (bicyclic) bond motifs is 1. The van der Waals surface area contributed by atoms with Gasteiger partial charge in [-0.25, -0.2) is 0 Å². The summed E-state index contributed by atoms with van der Waals surface area (Å²) in [5.41, 5.74) is 2.24. The Balaban J connectivity index is 2.26. The molecule has 0 bridgehead atoms. The first-order valence-electron chi connectivity index (χ1n) is 4.57. The quantitative estimate of drug-likeness (QED) is 0.752. The van der Waals surface area contributed by atoms with Crippen LogP contribution >= 0.6 is 0 Å². The molecule has 0 amide bonds. The standard InChI is InChI=1S/C10H13N3/c1-2-5-11-9-4-3-8-7-12-13-10(8)6-9/h3-4,6-7,11H,2,5H2,1H3,(H,12,13). The third-order valence-corrected chi connectivity index (χ3v) is 2.02. The summed E-state index contributed by atoms with van der Waals surface area (Å²) in [5.74, 6) is 0. The fourth-order valence-electron chi connectivity index (χ4n) is 1.32. The van der Waals surface area contributed by atoms with Crippen LogP contribution in [-0.4, -0.2) is 16.7 Å². The Morgan fingerprint density at radius 2 is 2.38 bits per heavy atom. The van der Waals surface area contributed by atoms with Crippen LogP contribution in [-0.2, 0) is 0 Å². The molecule has 0 spiro atoms. The average molecular weight is 175 g/mol. The Bertz CT molecular complexity index is 392. The number of anilines is 1. The Labute approximate surface area is 77.2 Å². The number of hydrogen-bond acceptors (Lipinski definition) is 2. The third kappa shape index (κ3) is 1.64. The van der Waals surface area contributed by atoms with Gasteiger partial charge in [0.1, 0.15) is 0 Å². The van der Waals surface area contributed by atoms with Crippen LogP contribution in [0.1, 0.15) is 13.3 Å². The zero-order chi connectivity index (χ0) is 9.10. The molecular formula is C10H13N3. The van der Waals surface area contributed by atoms with E-state index in [1.807, 2.05) is 6.20 Å². The molecule has 3 heteroatoms. The van der Waals surface area contributed by atoms with E-state index in [-0.39, 0.29) is 0 Å². The van der Waals surface area contributed by atoms with Gasteiger partial charge in [0.25, 0.3) is 0 Å². The zero-order valence-corrected chi connectivity index (χ0v) is 7.67. The van der Waals surface area contributed by atoms with Crippen molar-refractivity contribution in [3.05, 3.63) is 24.4 Å². The molecule has 0 aliphatic rings. The molecule has 68 valence electrons. The number of nitrogens with one attached hydrogen (secondary N) is 2. The van der Waals surface area contributed by atoms with Gasteiger partial charge in [-0.05, 0) is 24.6 Å². The normalized spacial score (nSPS) is 10.5. The van der Waals surface area contributed by atoms with E-state index in [9.17, 15) is 0 Å². The highest BCUT2D eigenvalue weighted by molar-refractivity contribution is 5.81. The van der Waals surface area contributed by atoms with Crippen LogP contribution in [0, 0.1) is 0 Å². The molecule has 0 atom stereocenters. The number of benzene rings is 1. The summed E-state index contributed by atoms with van der Waals surface area (Å²) in [6, 6.07) is 6.22. The predicted molar refractivity (Wildman–Crippen MR) is 54.9 cm³/mol. The van der Waals surface area contributed by atoms with Gasteiger partial charge in [0.2, 0.25) is 0 Å². The van der Waals surface area contributed by atoms with Gasteiger partial charge in [0, 0.05) is 17.6 Å². The molecular weight excluding hydrogens is 162 g/mol. The van der Waals surface area contributed by atoms with Gasteiger partial charge in [-0.2, -0.15) is 5.10 Å². The smallest absolute Gasteiger partial charge is 0.0670 e. The number of aromatic nitrogens is 2. The van der Waals surface area contributed by atoms with Gasteiger partial charge in [-0.1, -0.05) is 6.92 Å². The van der Waals surface area contributed by atoms with Crippen molar-refractivity contribution in [2.45, 2.75) is 13.3 Å². The van der Waals surface area contributed by atoms with Crippen LogP contribution in [0.4, 0.5) is 5.69 Å². The van der Waals surface area contributed by atoms with Gasteiger partial charge in [0.05, 0.1) is 11.7 Å². The molecule has 1 aromatic carbocycles. The summed E-state index contributed by atoms with van der Waals surface area (Å²) >= 11 is 0. The largest absolute Gasteiger partial charge is 0.385 e. The zero-order valence-electron chi connectivity index (χ0n) is 7.67. The molecule has 0 fully saturated rings. The number of hydrogen-bond donors (Lipinski definition) is 2. The van der Waals surface area contributed by atoms with Crippen molar-refractivity contribution in [3.8, 4) is 0 Å². The van der Waals surface area contributed by atoms with Crippen molar-refractivity contribution >= 4 is 16.6 Å². The molecule has 1 aromatic heterocycles. The van der Waals surface area contributed by atoms with Gasteiger partial charge in [0.15, 0.2) is 0 Å². The van der Waals surface area contributed by atoms with E-state index in [0.29, 0.717) is 0 Å². The number of aromatic amines is 1. The molecule has 1 heterocycles. The topological polar surface area (TPSA) is 40.7 Å². The highest BCUT2D eigenvalue weighted by Gasteiger charge is 1.96. The van der Waals surface area contributed by atoms with Gasteiger partial charge < -0.3 is 5.32 Å². The number of rotatable bonds is 3. The molecule has 2 N–H and O–H groups in total. The van der Waals surface area contributed by atoms with Gasteiger partial charge in [-0.15, -0.1) is 0 Å². The monoisotopic (exact) mass is 175 g/mol. The molecule has 13 heavy (non-hydrogen) atoms. The molecule has 0 aliphatic carbocycles. The second-order valence-corrected chi connectivity index (χ2v) is 3.10. The van der Waals surface area contributed by atoms with Crippen LogP contribution < -0.4 is 5.32 Å². The summed E-state index contributed by atoms with van der Waals surface area (Å²) in [6.45, 7) is 3.17. The molecule has 0 saturated carbocycles. The van der Waals surface area contributed by atoms with Gasteiger partial charge in [-0.3, -0.25) is 5.10 Å². The fourth-order valence-corrected chi connectivity index (χ4v) is 1.32. The molecule has 2 rings (SSSR count). The van der Waals surface area contributed by atoms with Crippen LogP contribution in [0.2, 0.25) is 0 Å². The lowest BCUT2D eigenvalue weighted by atomic mass is 10.2. The van der Waals surface area contributed by atoms with Crippen LogP contribution in [0.25, 0.3) is 10.9 Å². The second kappa shape index (κ2) is 3.47. The van der Waals surface area contributed by atoms with Crippen molar-refractivity contribution in [2.24, 2.45) is 0 Å². The minimum absolute atomic E-state index is 1.01. The predicted octanol–water partition coefficient (Wildman–Crippen LogP) is 2.38. The number of H-pyrrole nitrogens is 1. The van der Waals surface area contributed by atoms with Crippen molar-refractivity contribution in [1.82, 2.24) is 10.2 Å². The first-order valence-corrected chi connectivity index (χ1v) is 4.57. The maximum Gasteiger partial charge on any atom is 0.0670 e. The lowest BCUT2D eigenvalue weighted by Gasteiger charge is -2.03. The summed E-state index contributed by atoms with van der Waals surface area (Å²) in [5, 5.41) is 11.4. The first-order chi connectivity index (χ1) is 6.40. The van der Waals surface area contributed by atoms with E-state index >= 15 is 0 Å². The summed E-state index contributed by atoms with van der Waals surface area (Å²) < 4.78 is 0. The Morgan fingerprint density at radius 3 is 3.23 bits per heavy atom. The molecule has 0 aliphatic heterocycles. The van der Waals surface area contributed by atoms with Crippen molar-refractivity contribution in [1.29, 1.82) is 0 Å². The SMILES string of the molecule is CCCNc1ccc2cn[nH]c2c1. The average Bonchev–Trinajstić information content (AvgIpc) is 2.61. The maximum atomic E-state index is 3.97. The summed E-state index contributed by atoms with van der Waals surface area (Å²) in [7, 11) is 0. The van der Waals surface area contributed by atoms with E-state index in [4.69, 9.17) is 0 Å². The minimum atomic E-state index is 1.01. The Hall–Kier alpha value is -1.51. The molecule has 2 aromatic rings. The van der Waals surface area contributed by atoms with Crippen LogP contribution in [0.3, 0.4) is 0 Å². The summed E-state index contributed by atoms with van der Waals surface area (Å²) in [4.78, 5) is 0. The van der Waals surface area contributed by atoms with Crippen molar-refractivity contribution < 1.29 is 0 Å². The Kier molecular flexibility index (Phi) is 2.17. The van der Waals surface area contributed by atoms with E-state index < -0.39 is 0 Å². The second-order valence-electron chi connectivity index (χ2n) is 3.10. The highest BCUT2D eigenvalue weighted by Crippen LogP contribution is 2.16. The van der Waals surface area contributed by atoms with E-state index in [1.54, 1.807) is 0 Å². The molecule has 0 saturated heterocycles. The molecule has 0 radical (unpaired) electrons. The fraction of sp³-hybridized carbons (Fsp3) is 0.300. The van der Waals surface area contributed by atoms with E-state index in [0.717, 1.165) is 29.6 Å². The third-order valence-electron chi connectivity index (χ3n) is 2.02. The first kappa shape index (κ1) is 8.10. The Morgan fingerprint density at radius 1 is 1.46 bits per heavy atom. The lowest BCUT2D eigenvalue weighted by Crippen LogP contribution is -1.98. The maximum absolute atomic E-state index is 3.97. The molecule has 3 nitrogen and oxygen atoms in total. The van der Waals surface area contributed by atoms with Crippen LogP contribution in [0.5, 0.6) is 0 Å². The van der Waals surface area contributed by atoms with Crippen molar-refractivity contribution in [3.63, 3.8) is 0 Å². The molecule has 0 unspecified atom stereocenters. The van der Waals surface area contributed by atoms with E-state index in [1.165, 1.54) is 0 Å². The van der Waals surface area contributed by atoms with Crippen molar-refractivity contribution in [2.75, 3.05) is 11.9 Å². The lowest BCUT2D eigenvalue weighted by molar-refractivity contribution is 0.980. The van der Waals surface area contributed by atoms with E-state index in [2.05, 4.69) is 40.6 Å². The highest BCUT2D eigenvalue weighted by atomic mass is 15.1. The number of nitrogens with zero attached hydrogens (tertiary/aromatic N) is 1. The summed E-state index contributed by atoms with van der Waals surface area (Å²) in [6.07, 6.45) is 2.97.